The summed E-state index contributed by atoms with van der Waals surface area (Å²) in [6.07, 6.45) is 1.57. The standard InChI is InChI=1S/C14H15F2N3O/c1-20-5-4-17-9-13-2-3-18-14(19-13)10-6-11(15)8-12(16)7-10/h2-3,6-8,17H,4-5,9H2,1H3. The minimum absolute atomic E-state index is 0.300. The lowest BCUT2D eigenvalue weighted by Crippen LogP contribution is -2.19. The predicted octanol–water partition coefficient (Wildman–Crippen LogP) is 2.16. The molecule has 0 aliphatic heterocycles. The second kappa shape index (κ2) is 7.02. The molecule has 0 fully saturated rings. The van der Waals surface area contributed by atoms with Gasteiger partial charge in [0.15, 0.2) is 5.82 Å². The minimum atomic E-state index is -0.646. The van der Waals surface area contributed by atoms with Crippen molar-refractivity contribution in [3.05, 3.63) is 47.8 Å². The van der Waals surface area contributed by atoms with Crippen LogP contribution >= 0.6 is 0 Å². The van der Waals surface area contributed by atoms with Crippen LogP contribution in [0, 0.1) is 11.6 Å². The Labute approximate surface area is 115 Å². The highest BCUT2D eigenvalue weighted by Crippen LogP contribution is 2.17. The van der Waals surface area contributed by atoms with E-state index < -0.39 is 11.6 Å². The maximum atomic E-state index is 13.2. The Morgan fingerprint density at radius 3 is 2.65 bits per heavy atom. The van der Waals surface area contributed by atoms with Crippen LogP contribution in [0.1, 0.15) is 5.69 Å². The van der Waals surface area contributed by atoms with Gasteiger partial charge in [-0.15, -0.1) is 0 Å². The third kappa shape index (κ3) is 4.04. The van der Waals surface area contributed by atoms with E-state index in [9.17, 15) is 8.78 Å². The Hall–Kier alpha value is -1.92. The molecule has 0 saturated carbocycles. The van der Waals surface area contributed by atoms with Gasteiger partial charge in [-0.25, -0.2) is 18.7 Å². The van der Waals surface area contributed by atoms with Crippen molar-refractivity contribution in [2.75, 3.05) is 20.3 Å². The molecule has 0 amide bonds. The van der Waals surface area contributed by atoms with E-state index in [4.69, 9.17) is 4.74 Å². The molecule has 20 heavy (non-hydrogen) atoms. The summed E-state index contributed by atoms with van der Waals surface area (Å²) in [6, 6.07) is 4.99. The van der Waals surface area contributed by atoms with Gasteiger partial charge in [-0.2, -0.15) is 0 Å². The maximum absolute atomic E-state index is 13.2. The van der Waals surface area contributed by atoms with Crippen LogP contribution in [0.2, 0.25) is 0 Å². The first kappa shape index (κ1) is 14.5. The van der Waals surface area contributed by atoms with E-state index in [2.05, 4.69) is 15.3 Å². The summed E-state index contributed by atoms with van der Waals surface area (Å²) in [5, 5.41) is 3.14. The molecular formula is C14H15F2N3O. The molecule has 6 heteroatoms. The minimum Gasteiger partial charge on any atom is -0.383 e. The molecule has 0 atom stereocenters. The van der Waals surface area contributed by atoms with E-state index >= 15 is 0 Å². The average molecular weight is 279 g/mol. The molecule has 0 aliphatic carbocycles. The molecule has 0 unspecified atom stereocenters. The molecule has 2 rings (SSSR count). The van der Waals surface area contributed by atoms with Crippen LogP contribution in [-0.4, -0.2) is 30.2 Å². The van der Waals surface area contributed by atoms with E-state index in [0.29, 0.717) is 31.1 Å². The van der Waals surface area contributed by atoms with Crippen molar-refractivity contribution >= 4 is 0 Å². The van der Waals surface area contributed by atoms with Crippen molar-refractivity contribution in [3.8, 4) is 11.4 Å². The first-order valence-electron chi connectivity index (χ1n) is 6.17. The zero-order valence-corrected chi connectivity index (χ0v) is 11.1. The molecule has 0 aliphatic rings. The number of aromatic nitrogens is 2. The van der Waals surface area contributed by atoms with Crippen LogP contribution in [0.5, 0.6) is 0 Å². The quantitative estimate of drug-likeness (QED) is 0.823. The lowest BCUT2D eigenvalue weighted by atomic mass is 10.2. The summed E-state index contributed by atoms with van der Waals surface area (Å²) in [4.78, 5) is 8.31. The lowest BCUT2D eigenvalue weighted by molar-refractivity contribution is 0.199. The summed E-state index contributed by atoms with van der Waals surface area (Å²) in [5.74, 6) is -0.992. The number of halogens is 2. The number of nitrogens with one attached hydrogen (secondary N) is 1. The second-order valence-corrected chi connectivity index (χ2v) is 4.20. The van der Waals surface area contributed by atoms with Gasteiger partial charge in [0.05, 0.1) is 12.3 Å². The summed E-state index contributed by atoms with van der Waals surface area (Å²) >= 11 is 0. The van der Waals surface area contributed by atoms with Crippen molar-refractivity contribution in [2.45, 2.75) is 6.54 Å². The number of methoxy groups -OCH3 is 1. The summed E-state index contributed by atoms with van der Waals surface area (Å²) in [5.41, 5.74) is 1.07. The molecule has 1 heterocycles. The number of benzene rings is 1. The SMILES string of the molecule is COCCNCc1ccnc(-c2cc(F)cc(F)c2)n1. The molecule has 0 bridgehead atoms. The van der Waals surface area contributed by atoms with Crippen molar-refractivity contribution in [1.82, 2.24) is 15.3 Å². The Morgan fingerprint density at radius 2 is 1.95 bits per heavy atom. The zero-order chi connectivity index (χ0) is 14.4. The normalized spacial score (nSPS) is 10.8. The highest BCUT2D eigenvalue weighted by Gasteiger charge is 2.06. The predicted molar refractivity (Wildman–Crippen MR) is 71.0 cm³/mol. The second-order valence-electron chi connectivity index (χ2n) is 4.20. The van der Waals surface area contributed by atoms with Crippen LogP contribution in [0.15, 0.2) is 30.5 Å². The largest absolute Gasteiger partial charge is 0.383 e. The summed E-state index contributed by atoms with van der Waals surface area (Å²) in [7, 11) is 1.63. The first-order valence-corrected chi connectivity index (χ1v) is 6.17. The molecule has 0 saturated heterocycles. The Bertz CT molecular complexity index is 558. The highest BCUT2D eigenvalue weighted by molar-refractivity contribution is 5.54. The van der Waals surface area contributed by atoms with Crippen LogP contribution in [0.25, 0.3) is 11.4 Å². The van der Waals surface area contributed by atoms with E-state index in [1.54, 1.807) is 19.4 Å². The van der Waals surface area contributed by atoms with Gasteiger partial charge in [0.25, 0.3) is 0 Å². The van der Waals surface area contributed by atoms with Crippen LogP contribution in [-0.2, 0) is 11.3 Å². The number of hydrogen-bond acceptors (Lipinski definition) is 4. The van der Waals surface area contributed by atoms with E-state index in [1.165, 1.54) is 12.1 Å². The van der Waals surface area contributed by atoms with Crippen molar-refractivity contribution in [1.29, 1.82) is 0 Å². The van der Waals surface area contributed by atoms with E-state index in [-0.39, 0.29) is 0 Å². The van der Waals surface area contributed by atoms with Crippen LogP contribution < -0.4 is 5.32 Å². The zero-order valence-electron chi connectivity index (χ0n) is 11.1. The fourth-order valence-electron chi connectivity index (χ4n) is 1.71. The van der Waals surface area contributed by atoms with Crippen LogP contribution in [0.3, 0.4) is 0 Å². The summed E-state index contributed by atoms with van der Waals surface area (Å²) in [6.45, 7) is 1.84. The molecule has 0 spiro atoms. The van der Waals surface area contributed by atoms with Gasteiger partial charge in [-0.1, -0.05) is 0 Å². The maximum Gasteiger partial charge on any atom is 0.159 e. The van der Waals surface area contributed by atoms with Crippen molar-refractivity contribution in [2.24, 2.45) is 0 Å². The number of ether oxygens (including phenoxy) is 1. The monoisotopic (exact) mass is 279 g/mol. The van der Waals surface area contributed by atoms with Crippen molar-refractivity contribution in [3.63, 3.8) is 0 Å². The molecule has 2 aromatic rings. The summed E-state index contributed by atoms with van der Waals surface area (Å²) < 4.78 is 31.3. The smallest absolute Gasteiger partial charge is 0.159 e. The van der Waals surface area contributed by atoms with E-state index in [0.717, 1.165) is 11.8 Å². The third-order valence-corrected chi connectivity index (χ3v) is 2.62. The Balaban J connectivity index is 2.12. The molecule has 1 aromatic heterocycles. The molecule has 1 aromatic carbocycles. The topological polar surface area (TPSA) is 47.0 Å². The number of hydrogen-bond donors (Lipinski definition) is 1. The first-order chi connectivity index (χ1) is 9.69. The van der Waals surface area contributed by atoms with Gasteiger partial charge in [-0.05, 0) is 18.2 Å². The fourth-order valence-corrected chi connectivity index (χ4v) is 1.71. The average Bonchev–Trinajstić information content (AvgIpc) is 2.43. The van der Waals surface area contributed by atoms with Gasteiger partial charge in [0, 0.05) is 38.0 Å². The Kier molecular flexibility index (Phi) is 5.09. The molecule has 4 nitrogen and oxygen atoms in total. The fraction of sp³-hybridized carbons (Fsp3) is 0.286. The van der Waals surface area contributed by atoms with E-state index in [1.807, 2.05) is 0 Å². The molecule has 1 N–H and O–H groups in total. The van der Waals surface area contributed by atoms with Gasteiger partial charge in [-0.3, -0.25) is 0 Å². The number of rotatable bonds is 6. The van der Waals surface area contributed by atoms with Gasteiger partial charge in [0.2, 0.25) is 0 Å². The van der Waals surface area contributed by atoms with Gasteiger partial charge < -0.3 is 10.1 Å². The number of nitrogens with zero attached hydrogens (tertiary/aromatic N) is 2. The lowest BCUT2D eigenvalue weighted by Gasteiger charge is -2.06. The highest BCUT2D eigenvalue weighted by atomic mass is 19.1. The molecular weight excluding hydrogens is 264 g/mol. The van der Waals surface area contributed by atoms with Crippen molar-refractivity contribution < 1.29 is 13.5 Å². The molecule has 106 valence electrons. The van der Waals surface area contributed by atoms with Crippen LogP contribution in [0.4, 0.5) is 8.78 Å². The van der Waals surface area contributed by atoms with Gasteiger partial charge in [0.1, 0.15) is 11.6 Å². The molecule has 0 radical (unpaired) electrons. The van der Waals surface area contributed by atoms with Gasteiger partial charge >= 0.3 is 0 Å². The Morgan fingerprint density at radius 1 is 1.20 bits per heavy atom. The third-order valence-electron chi connectivity index (χ3n) is 2.62.